The maximum atomic E-state index is 5.58. The summed E-state index contributed by atoms with van der Waals surface area (Å²) in [6.07, 6.45) is 2.04. The lowest BCUT2D eigenvalue weighted by molar-refractivity contribution is 0.182. The molecule has 0 fully saturated rings. The number of aryl methyl sites for hydroxylation is 1. The van der Waals surface area contributed by atoms with Crippen molar-refractivity contribution in [3.63, 3.8) is 0 Å². The average molecular weight is 265 g/mol. The highest BCUT2D eigenvalue weighted by atomic mass is 16.5. The summed E-state index contributed by atoms with van der Waals surface area (Å²) in [5, 5.41) is 3.55. The molecule has 0 amide bonds. The van der Waals surface area contributed by atoms with E-state index in [-0.39, 0.29) is 0 Å². The van der Waals surface area contributed by atoms with Crippen LogP contribution in [-0.2, 0) is 4.74 Å². The van der Waals surface area contributed by atoms with Gasteiger partial charge in [0.25, 0.3) is 0 Å². The molecule has 0 aliphatic rings. The van der Waals surface area contributed by atoms with Crippen molar-refractivity contribution in [3.8, 4) is 0 Å². The second-order valence-corrected chi connectivity index (χ2v) is 5.12. The van der Waals surface area contributed by atoms with Gasteiger partial charge in [0.1, 0.15) is 0 Å². The van der Waals surface area contributed by atoms with E-state index >= 15 is 0 Å². The molecular formula is C15H27N3O. The first-order chi connectivity index (χ1) is 9.08. The second-order valence-electron chi connectivity index (χ2n) is 5.12. The normalized spacial score (nSPS) is 12.3. The van der Waals surface area contributed by atoms with Crippen LogP contribution in [0, 0.1) is 6.92 Å². The lowest BCUT2D eigenvalue weighted by Gasteiger charge is -2.21. The van der Waals surface area contributed by atoms with Crippen LogP contribution in [0.4, 0.5) is 11.4 Å². The molecule has 108 valence electrons. The van der Waals surface area contributed by atoms with Gasteiger partial charge in [-0.25, -0.2) is 0 Å². The first-order valence-electron chi connectivity index (χ1n) is 6.82. The van der Waals surface area contributed by atoms with E-state index in [1.165, 1.54) is 16.9 Å². The number of rotatable bonds is 8. The Morgan fingerprint density at radius 1 is 1.37 bits per heavy atom. The summed E-state index contributed by atoms with van der Waals surface area (Å²) >= 11 is 0. The van der Waals surface area contributed by atoms with E-state index in [0.29, 0.717) is 12.6 Å². The Morgan fingerprint density at radius 2 is 2.11 bits per heavy atom. The third-order valence-corrected chi connectivity index (χ3v) is 3.21. The Bertz CT molecular complexity index is 380. The molecule has 0 aromatic heterocycles. The fourth-order valence-corrected chi connectivity index (χ4v) is 2.07. The van der Waals surface area contributed by atoms with Crippen molar-refractivity contribution >= 4 is 11.4 Å². The van der Waals surface area contributed by atoms with Crippen molar-refractivity contribution in [1.29, 1.82) is 0 Å². The molecule has 1 unspecified atom stereocenters. The van der Waals surface area contributed by atoms with Gasteiger partial charge < -0.3 is 20.7 Å². The number of ether oxygens (including phenoxy) is 1. The van der Waals surface area contributed by atoms with Gasteiger partial charge in [-0.15, -0.1) is 0 Å². The summed E-state index contributed by atoms with van der Waals surface area (Å²) in [4.78, 5) is 2.11. The van der Waals surface area contributed by atoms with E-state index in [4.69, 9.17) is 10.5 Å². The summed E-state index contributed by atoms with van der Waals surface area (Å²) in [5.74, 6) is 0. The first kappa shape index (κ1) is 15.8. The average Bonchev–Trinajstić information content (AvgIpc) is 2.38. The molecule has 0 saturated heterocycles. The monoisotopic (exact) mass is 265 g/mol. The minimum absolute atomic E-state index is 0.317. The van der Waals surface area contributed by atoms with Crippen LogP contribution in [0.1, 0.15) is 18.4 Å². The summed E-state index contributed by atoms with van der Waals surface area (Å²) in [7, 11) is 5.84. The van der Waals surface area contributed by atoms with Crippen molar-refractivity contribution in [3.05, 3.63) is 23.8 Å². The molecule has 1 rings (SSSR count). The Labute approximate surface area is 116 Å². The quantitative estimate of drug-likeness (QED) is 0.757. The van der Waals surface area contributed by atoms with E-state index in [2.05, 4.69) is 49.4 Å². The molecule has 0 bridgehead atoms. The molecular weight excluding hydrogens is 238 g/mol. The molecule has 1 aromatic carbocycles. The molecule has 0 spiro atoms. The molecule has 0 saturated carbocycles. The maximum Gasteiger partial charge on any atom is 0.0664 e. The fourth-order valence-electron chi connectivity index (χ4n) is 2.07. The molecule has 1 aromatic rings. The highest BCUT2D eigenvalue weighted by Gasteiger charge is 2.09. The van der Waals surface area contributed by atoms with E-state index in [1.54, 1.807) is 7.11 Å². The van der Waals surface area contributed by atoms with Crippen LogP contribution >= 0.6 is 0 Å². The molecule has 0 heterocycles. The highest BCUT2D eigenvalue weighted by molar-refractivity contribution is 5.60. The Balaban J connectivity index is 2.72. The summed E-state index contributed by atoms with van der Waals surface area (Å²) in [5.41, 5.74) is 9.21. The van der Waals surface area contributed by atoms with Gasteiger partial charge in [-0.2, -0.15) is 0 Å². The van der Waals surface area contributed by atoms with E-state index in [1.807, 2.05) is 0 Å². The summed E-state index contributed by atoms with van der Waals surface area (Å²) in [6, 6.07) is 6.77. The van der Waals surface area contributed by atoms with Crippen molar-refractivity contribution < 1.29 is 4.74 Å². The van der Waals surface area contributed by atoms with Crippen molar-refractivity contribution in [1.82, 2.24) is 0 Å². The molecule has 0 aliphatic heterocycles. The smallest absolute Gasteiger partial charge is 0.0664 e. The zero-order valence-electron chi connectivity index (χ0n) is 12.6. The molecule has 3 N–H and O–H groups in total. The van der Waals surface area contributed by atoms with Gasteiger partial charge in [0, 0.05) is 38.6 Å². The second kappa shape index (κ2) is 8.02. The summed E-state index contributed by atoms with van der Waals surface area (Å²) < 4.78 is 5.26. The van der Waals surface area contributed by atoms with Gasteiger partial charge in [-0.1, -0.05) is 0 Å². The molecule has 4 heteroatoms. The van der Waals surface area contributed by atoms with Gasteiger partial charge in [0.05, 0.1) is 6.61 Å². The predicted molar refractivity (Wildman–Crippen MR) is 83.1 cm³/mol. The molecule has 4 nitrogen and oxygen atoms in total. The first-order valence-corrected chi connectivity index (χ1v) is 6.82. The minimum atomic E-state index is 0.317. The van der Waals surface area contributed by atoms with Gasteiger partial charge >= 0.3 is 0 Å². The van der Waals surface area contributed by atoms with Crippen LogP contribution in [0.15, 0.2) is 18.2 Å². The van der Waals surface area contributed by atoms with Crippen LogP contribution in [-0.4, -0.2) is 40.4 Å². The van der Waals surface area contributed by atoms with E-state index < -0.39 is 0 Å². The van der Waals surface area contributed by atoms with Crippen LogP contribution in [0.25, 0.3) is 0 Å². The van der Waals surface area contributed by atoms with Crippen LogP contribution in [0.3, 0.4) is 0 Å². The van der Waals surface area contributed by atoms with Gasteiger partial charge in [-0.05, 0) is 50.1 Å². The molecule has 0 aliphatic carbocycles. The predicted octanol–water partition coefficient (Wildman–Crippen LogP) is 2.23. The fraction of sp³-hybridized carbons (Fsp3) is 0.600. The van der Waals surface area contributed by atoms with Crippen LogP contribution in [0.2, 0.25) is 0 Å². The lowest BCUT2D eigenvalue weighted by atomic mass is 10.1. The number of nitrogens with zero attached hydrogens (tertiary/aromatic N) is 1. The Morgan fingerprint density at radius 3 is 2.63 bits per heavy atom. The van der Waals surface area contributed by atoms with Crippen LogP contribution < -0.4 is 16.0 Å². The van der Waals surface area contributed by atoms with E-state index in [0.717, 1.165) is 19.4 Å². The van der Waals surface area contributed by atoms with Gasteiger partial charge in [0.2, 0.25) is 0 Å². The topological polar surface area (TPSA) is 50.5 Å². The third kappa shape index (κ3) is 5.09. The molecule has 19 heavy (non-hydrogen) atoms. The SMILES string of the molecule is COCC(CCCN)Nc1ccc(N(C)C)cc1C. The number of nitrogens with two attached hydrogens (primary N) is 1. The number of methoxy groups -OCH3 is 1. The van der Waals surface area contributed by atoms with E-state index in [9.17, 15) is 0 Å². The van der Waals surface area contributed by atoms with Crippen LogP contribution in [0.5, 0.6) is 0 Å². The summed E-state index contributed by atoms with van der Waals surface area (Å²) in [6.45, 7) is 3.55. The number of hydrogen-bond donors (Lipinski definition) is 2. The van der Waals surface area contributed by atoms with Crippen molar-refractivity contribution in [2.24, 2.45) is 5.73 Å². The largest absolute Gasteiger partial charge is 0.383 e. The molecule has 0 radical (unpaired) electrons. The molecule has 1 atom stereocenters. The maximum absolute atomic E-state index is 5.58. The van der Waals surface area contributed by atoms with Gasteiger partial charge in [0.15, 0.2) is 0 Å². The number of benzene rings is 1. The lowest BCUT2D eigenvalue weighted by Crippen LogP contribution is -2.26. The number of hydrogen-bond acceptors (Lipinski definition) is 4. The van der Waals surface area contributed by atoms with Crippen molar-refractivity contribution in [2.75, 3.05) is 44.6 Å². The van der Waals surface area contributed by atoms with Crippen molar-refractivity contribution in [2.45, 2.75) is 25.8 Å². The van der Waals surface area contributed by atoms with Gasteiger partial charge in [-0.3, -0.25) is 0 Å². The standard InChI is InChI=1S/C15H27N3O/c1-12-10-14(18(2)3)7-8-15(12)17-13(11-19-4)6-5-9-16/h7-8,10,13,17H,5-6,9,11,16H2,1-4H3. The zero-order valence-corrected chi connectivity index (χ0v) is 12.6. The highest BCUT2D eigenvalue weighted by Crippen LogP contribution is 2.22. The number of anilines is 2. The zero-order chi connectivity index (χ0) is 14.3. The minimum Gasteiger partial charge on any atom is -0.383 e. The Hall–Kier alpha value is -1.26. The Kier molecular flexibility index (Phi) is 6.67. The third-order valence-electron chi connectivity index (χ3n) is 3.21. The number of nitrogens with one attached hydrogen (secondary N) is 1.